The zero-order valence-corrected chi connectivity index (χ0v) is 10.7. The van der Waals surface area contributed by atoms with Crippen molar-refractivity contribution in [2.75, 3.05) is 19.3 Å². The first-order chi connectivity index (χ1) is 8.61. The Morgan fingerprint density at radius 3 is 3.06 bits per heavy atom. The highest BCUT2D eigenvalue weighted by Gasteiger charge is 2.33. The van der Waals surface area contributed by atoms with E-state index in [1.807, 2.05) is 0 Å². The van der Waals surface area contributed by atoms with E-state index in [-0.39, 0.29) is 29.6 Å². The molecule has 1 aliphatic heterocycles. The molecule has 96 valence electrons. The van der Waals surface area contributed by atoms with Crippen LogP contribution in [0.5, 0.6) is 0 Å². The van der Waals surface area contributed by atoms with Crippen LogP contribution in [0.25, 0.3) is 0 Å². The van der Waals surface area contributed by atoms with Crippen LogP contribution >= 0.6 is 11.8 Å². The molecule has 1 heterocycles. The quantitative estimate of drug-likeness (QED) is 0.894. The molecule has 0 aliphatic carbocycles. The van der Waals surface area contributed by atoms with Crippen LogP contribution in [0.1, 0.15) is 10.9 Å². The second kappa shape index (κ2) is 5.39. The molecule has 6 heteroatoms. The molecule has 2 rings (SSSR count). The summed E-state index contributed by atoms with van der Waals surface area (Å²) < 4.78 is 13.2. The van der Waals surface area contributed by atoms with Crippen molar-refractivity contribution in [3.63, 3.8) is 0 Å². The number of carbonyl (C=O) groups excluding carboxylic acids is 2. The molecule has 1 saturated heterocycles. The minimum absolute atomic E-state index is 0.00349. The van der Waals surface area contributed by atoms with E-state index >= 15 is 0 Å². The van der Waals surface area contributed by atoms with Crippen molar-refractivity contribution < 1.29 is 14.0 Å². The van der Waals surface area contributed by atoms with Crippen LogP contribution in [0.2, 0.25) is 0 Å². The van der Waals surface area contributed by atoms with Gasteiger partial charge in [0.2, 0.25) is 11.8 Å². The number of hydrogen-bond acceptors (Lipinski definition) is 3. The van der Waals surface area contributed by atoms with Crippen molar-refractivity contribution in [1.29, 1.82) is 0 Å². The number of halogens is 1. The average Bonchev–Trinajstić information content (AvgIpc) is 2.71. The van der Waals surface area contributed by atoms with Gasteiger partial charge < -0.3 is 10.2 Å². The number of rotatable bonds is 3. The van der Waals surface area contributed by atoms with E-state index in [9.17, 15) is 14.0 Å². The van der Waals surface area contributed by atoms with E-state index in [4.69, 9.17) is 0 Å². The van der Waals surface area contributed by atoms with E-state index in [2.05, 4.69) is 5.32 Å². The Morgan fingerprint density at radius 1 is 1.61 bits per heavy atom. The van der Waals surface area contributed by atoms with Crippen molar-refractivity contribution in [2.24, 2.45) is 0 Å². The zero-order chi connectivity index (χ0) is 13.1. The number of benzene rings is 1. The lowest BCUT2D eigenvalue weighted by atomic mass is 10.2. The normalized spacial score (nSPS) is 19.1. The van der Waals surface area contributed by atoms with Crippen LogP contribution in [0.4, 0.5) is 4.39 Å². The van der Waals surface area contributed by atoms with Crippen LogP contribution in [-0.4, -0.2) is 36.1 Å². The third-order valence-corrected chi connectivity index (χ3v) is 3.95. The molecule has 0 saturated carbocycles. The summed E-state index contributed by atoms with van der Waals surface area (Å²) in [6, 6.07) is 6.11. The maximum absolute atomic E-state index is 13.2. The van der Waals surface area contributed by atoms with Crippen molar-refractivity contribution in [2.45, 2.75) is 5.37 Å². The first-order valence-corrected chi connectivity index (χ1v) is 6.54. The average molecular weight is 268 g/mol. The first-order valence-electron chi connectivity index (χ1n) is 5.49. The molecule has 1 aromatic carbocycles. The second-order valence-electron chi connectivity index (χ2n) is 3.91. The van der Waals surface area contributed by atoms with Crippen LogP contribution in [0.15, 0.2) is 24.3 Å². The molecule has 0 spiro atoms. The van der Waals surface area contributed by atoms with Gasteiger partial charge in [-0.3, -0.25) is 9.59 Å². The van der Waals surface area contributed by atoms with Gasteiger partial charge in [0.25, 0.3) is 0 Å². The molecule has 18 heavy (non-hydrogen) atoms. The lowest BCUT2D eigenvalue weighted by molar-refractivity contribution is -0.133. The van der Waals surface area contributed by atoms with E-state index in [1.165, 1.54) is 35.8 Å². The zero-order valence-electron chi connectivity index (χ0n) is 9.85. The van der Waals surface area contributed by atoms with Gasteiger partial charge in [-0.05, 0) is 17.7 Å². The van der Waals surface area contributed by atoms with E-state index in [0.717, 1.165) is 0 Å². The predicted molar refractivity (Wildman–Crippen MR) is 67.4 cm³/mol. The molecular weight excluding hydrogens is 255 g/mol. The Labute approximate surface area is 109 Å². The van der Waals surface area contributed by atoms with Gasteiger partial charge in [-0.25, -0.2) is 4.39 Å². The standard InChI is InChI=1S/C12H13FN2O2S/c1-14-10(16)6-15-11(17)7-18-12(15)8-3-2-4-9(13)5-8/h2-5,12H,6-7H2,1H3,(H,14,16)/t12-/m0/s1. The van der Waals surface area contributed by atoms with Gasteiger partial charge in [0.15, 0.2) is 0 Å². The van der Waals surface area contributed by atoms with Gasteiger partial charge >= 0.3 is 0 Å². The molecule has 4 nitrogen and oxygen atoms in total. The first kappa shape index (κ1) is 12.9. The number of hydrogen-bond donors (Lipinski definition) is 1. The molecular formula is C12H13FN2O2S. The lowest BCUT2D eigenvalue weighted by Gasteiger charge is -2.23. The number of carbonyl (C=O) groups is 2. The summed E-state index contributed by atoms with van der Waals surface area (Å²) >= 11 is 1.40. The summed E-state index contributed by atoms with van der Waals surface area (Å²) in [7, 11) is 1.52. The maximum Gasteiger partial charge on any atom is 0.239 e. The molecule has 0 bridgehead atoms. The van der Waals surface area contributed by atoms with E-state index in [0.29, 0.717) is 11.3 Å². The highest BCUT2D eigenvalue weighted by molar-refractivity contribution is 8.00. The largest absolute Gasteiger partial charge is 0.358 e. The molecule has 0 aromatic heterocycles. The summed E-state index contributed by atoms with van der Waals surface area (Å²) in [4.78, 5) is 24.6. The molecule has 1 aromatic rings. The Balaban J connectivity index is 2.21. The fourth-order valence-electron chi connectivity index (χ4n) is 1.80. The smallest absolute Gasteiger partial charge is 0.239 e. The maximum atomic E-state index is 13.2. The Kier molecular flexibility index (Phi) is 3.86. The fraction of sp³-hybridized carbons (Fsp3) is 0.333. The van der Waals surface area contributed by atoms with Crippen molar-refractivity contribution in [3.8, 4) is 0 Å². The number of likely N-dealkylation sites (N-methyl/N-ethyl adjacent to an activating group) is 1. The number of thioether (sulfide) groups is 1. The number of nitrogens with zero attached hydrogens (tertiary/aromatic N) is 1. The molecule has 0 radical (unpaired) electrons. The summed E-state index contributed by atoms with van der Waals surface area (Å²) in [6.45, 7) is 0.00349. The van der Waals surface area contributed by atoms with Crippen molar-refractivity contribution in [3.05, 3.63) is 35.6 Å². The Bertz CT molecular complexity index is 481. The fourth-order valence-corrected chi connectivity index (χ4v) is 2.97. The minimum Gasteiger partial charge on any atom is -0.358 e. The van der Waals surface area contributed by atoms with Crippen LogP contribution < -0.4 is 5.32 Å². The van der Waals surface area contributed by atoms with Crippen LogP contribution in [0, 0.1) is 5.82 Å². The molecule has 0 unspecified atom stereocenters. The van der Waals surface area contributed by atoms with Gasteiger partial charge in [0.1, 0.15) is 17.7 Å². The minimum atomic E-state index is -0.340. The molecule has 1 aliphatic rings. The Hall–Kier alpha value is -1.56. The van der Waals surface area contributed by atoms with E-state index < -0.39 is 0 Å². The molecule has 1 N–H and O–H groups in total. The summed E-state index contributed by atoms with van der Waals surface area (Å²) in [5.41, 5.74) is 0.703. The second-order valence-corrected chi connectivity index (χ2v) is 4.98. The van der Waals surface area contributed by atoms with Gasteiger partial charge in [-0.15, -0.1) is 11.8 Å². The van der Waals surface area contributed by atoms with Gasteiger partial charge in [-0.2, -0.15) is 0 Å². The van der Waals surface area contributed by atoms with Gasteiger partial charge in [-0.1, -0.05) is 12.1 Å². The predicted octanol–water partition coefficient (Wildman–Crippen LogP) is 1.15. The molecule has 1 atom stereocenters. The topological polar surface area (TPSA) is 49.4 Å². The van der Waals surface area contributed by atoms with Gasteiger partial charge in [0, 0.05) is 7.05 Å². The van der Waals surface area contributed by atoms with Crippen molar-refractivity contribution in [1.82, 2.24) is 10.2 Å². The Morgan fingerprint density at radius 2 is 2.39 bits per heavy atom. The SMILES string of the molecule is CNC(=O)CN1C(=O)CS[C@H]1c1cccc(F)c1. The van der Waals surface area contributed by atoms with Crippen molar-refractivity contribution >= 4 is 23.6 Å². The molecule has 1 fully saturated rings. The van der Waals surface area contributed by atoms with E-state index in [1.54, 1.807) is 12.1 Å². The van der Waals surface area contributed by atoms with Crippen LogP contribution in [0.3, 0.4) is 0 Å². The number of amides is 2. The number of nitrogens with one attached hydrogen (secondary N) is 1. The highest BCUT2D eigenvalue weighted by atomic mass is 32.2. The summed E-state index contributed by atoms with van der Waals surface area (Å²) in [5, 5.41) is 2.19. The molecule has 2 amide bonds. The lowest BCUT2D eigenvalue weighted by Crippen LogP contribution is -2.37. The summed E-state index contributed by atoms with van der Waals surface area (Å²) in [5.74, 6) is -0.351. The third kappa shape index (κ3) is 2.64. The van der Waals surface area contributed by atoms with Gasteiger partial charge in [0.05, 0.1) is 5.75 Å². The highest BCUT2D eigenvalue weighted by Crippen LogP contribution is 2.38. The third-order valence-electron chi connectivity index (χ3n) is 2.69. The monoisotopic (exact) mass is 268 g/mol. The summed E-state index contributed by atoms with van der Waals surface area (Å²) in [6.07, 6.45) is 0. The van der Waals surface area contributed by atoms with Crippen LogP contribution in [-0.2, 0) is 9.59 Å².